The van der Waals surface area contributed by atoms with Gasteiger partial charge >= 0.3 is 0 Å². The van der Waals surface area contributed by atoms with E-state index in [1.54, 1.807) is 13.2 Å². The third-order valence-corrected chi connectivity index (χ3v) is 3.67. The summed E-state index contributed by atoms with van der Waals surface area (Å²) in [6.45, 7) is 0. The zero-order valence-electron chi connectivity index (χ0n) is 7.51. The Hall–Kier alpha value is -0.610. The van der Waals surface area contributed by atoms with Gasteiger partial charge in [0.2, 0.25) is 0 Å². The molecule has 0 aliphatic rings. The van der Waals surface area contributed by atoms with Gasteiger partial charge in [0.15, 0.2) is 5.06 Å². The number of halogens is 2. The SMILES string of the molecule is COc1cc2cc(CBr)c(F)cc2s1. The van der Waals surface area contributed by atoms with Crippen LogP contribution in [-0.4, -0.2) is 7.11 Å². The number of hydrogen-bond donors (Lipinski definition) is 0. The van der Waals surface area contributed by atoms with Crippen LogP contribution < -0.4 is 4.74 Å². The molecule has 0 unspecified atom stereocenters. The molecule has 0 N–H and O–H groups in total. The number of fused-ring (bicyclic) bond motifs is 1. The Morgan fingerprint density at radius 3 is 2.86 bits per heavy atom. The summed E-state index contributed by atoms with van der Waals surface area (Å²) in [5.74, 6) is -0.168. The number of rotatable bonds is 2. The fourth-order valence-corrected chi connectivity index (χ4v) is 2.60. The normalized spacial score (nSPS) is 10.8. The summed E-state index contributed by atoms with van der Waals surface area (Å²) in [6.07, 6.45) is 0. The Labute approximate surface area is 93.6 Å². The summed E-state index contributed by atoms with van der Waals surface area (Å²) in [4.78, 5) is 0. The smallest absolute Gasteiger partial charge is 0.174 e. The van der Waals surface area contributed by atoms with Gasteiger partial charge < -0.3 is 4.74 Å². The molecule has 1 heterocycles. The first-order valence-corrected chi connectivity index (χ1v) is 6.00. The summed E-state index contributed by atoms with van der Waals surface area (Å²) < 4.78 is 19.4. The van der Waals surface area contributed by atoms with Crippen LogP contribution in [-0.2, 0) is 5.33 Å². The average molecular weight is 275 g/mol. The molecule has 0 aliphatic heterocycles. The van der Waals surface area contributed by atoms with Crippen molar-refractivity contribution in [3.05, 3.63) is 29.6 Å². The second-order valence-corrected chi connectivity index (χ2v) is 4.49. The topological polar surface area (TPSA) is 9.23 Å². The monoisotopic (exact) mass is 274 g/mol. The zero-order valence-corrected chi connectivity index (χ0v) is 9.91. The molecule has 2 rings (SSSR count). The number of benzene rings is 1. The van der Waals surface area contributed by atoms with Crippen molar-refractivity contribution in [2.45, 2.75) is 5.33 Å². The first-order valence-electron chi connectivity index (χ1n) is 4.06. The molecule has 14 heavy (non-hydrogen) atoms. The molecular formula is C10H8BrFOS. The maximum absolute atomic E-state index is 13.4. The largest absolute Gasteiger partial charge is 0.487 e. The lowest BCUT2D eigenvalue weighted by Gasteiger charge is -1.97. The Morgan fingerprint density at radius 2 is 2.21 bits per heavy atom. The van der Waals surface area contributed by atoms with Gasteiger partial charge in [-0.15, -0.1) is 0 Å². The van der Waals surface area contributed by atoms with E-state index in [1.807, 2.05) is 12.1 Å². The molecule has 0 radical (unpaired) electrons. The molecule has 0 aliphatic carbocycles. The lowest BCUT2D eigenvalue weighted by Crippen LogP contribution is -1.83. The lowest BCUT2D eigenvalue weighted by atomic mass is 10.2. The quantitative estimate of drug-likeness (QED) is 0.754. The average Bonchev–Trinajstić information content (AvgIpc) is 2.58. The highest BCUT2D eigenvalue weighted by Crippen LogP contribution is 2.33. The Kier molecular flexibility index (Phi) is 2.74. The summed E-state index contributed by atoms with van der Waals surface area (Å²) in [7, 11) is 1.62. The van der Waals surface area contributed by atoms with Crippen LogP contribution >= 0.6 is 27.3 Å². The van der Waals surface area contributed by atoms with Crippen LogP contribution in [0.2, 0.25) is 0 Å². The number of thiophene rings is 1. The second kappa shape index (κ2) is 3.87. The van der Waals surface area contributed by atoms with Crippen molar-refractivity contribution < 1.29 is 9.13 Å². The van der Waals surface area contributed by atoms with Gasteiger partial charge in [-0.05, 0) is 29.1 Å². The number of alkyl halides is 1. The molecule has 0 spiro atoms. The van der Waals surface area contributed by atoms with Gasteiger partial charge in [-0.2, -0.15) is 0 Å². The maximum Gasteiger partial charge on any atom is 0.174 e. The van der Waals surface area contributed by atoms with Gasteiger partial charge in [-0.1, -0.05) is 27.3 Å². The van der Waals surface area contributed by atoms with E-state index in [-0.39, 0.29) is 5.82 Å². The molecule has 74 valence electrons. The Balaban J connectivity index is 2.64. The van der Waals surface area contributed by atoms with E-state index in [9.17, 15) is 4.39 Å². The summed E-state index contributed by atoms with van der Waals surface area (Å²) in [5.41, 5.74) is 0.679. The van der Waals surface area contributed by atoms with E-state index in [0.717, 1.165) is 15.1 Å². The lowest BCUT2D eigenvalue weighted by molar-refractivity contribution is 0.427. The van der Waals surface area contributed by atoms with Crippen molar-refractivity contribution in [2.75, 3.05) is 7.11 Å². The zero-order chi connectivity index (χ0) is 10.1. The Bertz CT molecular complexity index is 466. The third-order valence-electron chi connectivity index (χ3n) is 2.01. The van der Waals surface area contributed by atoms with Crippen molar-refractivity contribution in [1.82, 2.24) is 0 Å². The van der Waals surface area contributed by atoms with Crippen molar-refractivity contribution in [1.29, 1.82) is 0 Å². The van der Waals surface area contributed by atoms with Gasteiger partial charge in [0.05, 0.1) is 7.11 Å². The standard InChI is InChI=1S/C10H8BrFOS/c1-13-10-3-6-2-7(5-11)8(12)4-9(6)14-10/h2-4H,5H2,1H3. The fraction of sp³-hybridized carbons (Fsp3) is 0.200. The van der Waals surface area contributed by atoms with Crippen molar-refractivity contribution in [3.63, 3.8) is 0 Å². The summed E-state index contributed by atoms with van der Waals surface area (Å²) >= 11 is 4.70. The number of hydrogen-bond acceptors (Lipinski definition) is 2. The van der Waals surface area contributed by atoms with Crippen molar-refractivity contribution >= 4 is 37.4 Å². The molecule has 2 aromatic rings. The number of methoxy groups -OCH3 is 1. The molecule has 0 bridgehead atoms. The molecule has 0 fully saturated rings. The molecule has 0 saturated carbocycles. The predicted octanol–water partition coefficient (Wildman–Crippen LogP) is 3.94. The number of ether oxygens (including phenoxy) is 1. The minimum Gasteiger partial charge on any atom is -0.487 e. The van der Waals surface area contributed by atoms with E-state index in [2.05, 4.69) is 15.9 Å². The molecule has 4 heteroatoms. The minimum atomic E-state index is -0.168. The molecule has 0 atom stereocenters. The van der Waals surface area contributed by atoms with Crippen LogP contribution in [0.25, 0.3) is 10.1 Å². The summed E-state index contributed by atoms with van der Waals surface area (Å²) in [5, 5.41) is 2.38. The molecule has 0 amide bonds. The highest BCUT2D eigenvalue weighted by molar-refractivity contribution is 9.08. The highest BCUT2D eigenvalue weighted by Gasteiger charge is 2.07. The van der Waals surface area contributed by atoms with Crippen LogP contribution in [0, 0.1) is 5.82 Å². The van der Waals surface area contributed by atoms with Gasteiger partial charge in [0, 0.05) is 10.0 Å². The van der Waals surface area contributed by atoms with Gasteiger partial charge in [-0.25, -0.2) is 4.39 Å². The van der Waals surface area contributed by atoms with E-state index in [1.165, 1.54) is 11.3 Å². The predicted molar refractivity (Wildman–Crippen MR) is 61.0 cm³/mol. The first-order chi connectivity index (χ1) is 6.74. The van der Waals surface area contributed by atoms with Gasteiger partial charge in [-0.3, -0.25) is 0 Å². The highest BCUT2D eigenvalue weighted by atomic mass is 79.9. The van der Waals surface area contributed by atoms with Crippen LogP contribution in [0.5, 0.6) is 5.06 Å². The van der Waals surface area contributed by atoms with E-state index >= 15 is 0 Å². The van der Waals surface area contributed by atoms with Gasteiger partial charge in [0.25, 0.3) is 0 Å². The molecule has 0 saturated heterocycles. The third kappa shape index (κ3) is 1.64. The van der Waals surface area contributed by atoms with Crippen LogP contribution in [0.4, 0.5) is 4.39 Å². The fourth-order valence-electron chi connectivity index (χ4n) is 1.29. The van der Waals surface area contributed by atoms with E-state index in [4.69, 9.17) is 4.74 Å². The summed E-state index contributed by atoms with van der Waals surface area (Å²) in [6, 6.07) is 5.32. The molecule has 1 nitrogen and oxygen atoms in total. The van der Waals surface area contributed by atoms with E-state index < -0.39 is 0 Å². The minimum absolute atomic E-state index is 0.168. The van der Waals surface area contributed by atoms with Crippen LogP contribution in [0.15, 0.2) is 18.2 Å². The van der Waals surface area contributed by atoms with Crippen molar-refractivity contribution in [2.24, 2.45) is 0 Å². The van der Waals surface area contributed by atoms with E-state index in [0.29, 0.717) is 10.9 Å². The van der Waals surface area contributed by atoms with Crippen LogP contribution in [0.3, 0.4) is 0 Å². The molecular weight excluding hydrogens is 267 g/mol. The van der Waals surface area contributed by atoms with Crippen LogP contribution in [0.1, 0.15) is 5.56 Å². The van der Waals surface area contributed by atoms with Gasteiger partial charge in [0.1, 0.15) is 5.82 Å². The molecule has 1 aromatic heterocycles. The molecule has 1 aromatic carbocycles. The first kappa shape index (κ1) is 9.93. The maximum atomic E-state index is 13.4. The Morgan fingerprint density at radius 1 is 1.43 bits per heavy atom. The van der Waals surface area contributed by atoms with Crippen molar-refractivity contribution in [3.8, 4) is 5.06 Å². The second-order valence-electron chi connectivity index (χ2n) is 2.88.